The molecule has 0 heterocycles. The number of anilines is 1. The molecule has 1 unspecified atom stereocenters. The highest BCUT2D eigenvalue weighted by Gasteiger charge is 2.34. The van der Waals surface area contributed by atoms with Gasteiger partial charge in [-0.2, -0.15) is 0 Å². The summed E-state index contributed by atoms with van der Waals surface area (Å²) in [6, 6.07) is 5.57. The van der Waals surface area contributed by atoms with Gasteiger partial charge in [-0.25, -0.2) is 4.39 Å². The third-order valence-corrected chi connectivity index (χ3v) is 5.44. The van der Waals surface area contributed by atoms with E-state index in [1.54, 1.807) is 6.92 Å². The Balaban J connectivity index is 1.77. The Bertz CT molecular complexity index is 574. The van der Waals surface area contributed by atoms with E-state index in [9.17, 15) is 14.0 Å². The molecule has 4 N–H and O–H groups in total. The van der Waals surface area contributed by atoms with Crippen molar-refractivity contribution in [1.29, 1.82) is 0 Å². The van der Waals surface area contributed by atoms with E-state index in [1.807, 2.05) is 0 Å². The fraction of sp³-hybridized carbons (Fsp3) is 0.529. The smallest absolute Gasteiger partial charge is 0.234 e. The zero-order valence-electron chi connectivity index (χ0n) is 13.8. The molecule has 2 rings (SSSR count). The van der Waals surface area contributed by atoms with Crippen LogP contribution in [0, 0.1) is 5.82 Å². The fourth-order valence-corrected chi connectivity index (χ4v) is 3.49. The Hall–Kier alpha value is -1.60. The fourth-order valence-electron chi connectivity index (χ4n) is 2.80. The second kappa shape index (κ2) is 8.48. The first-order valence-corrected chi connectivity index (χ1v) is 9.18. The predicted octanol–water partition coefficient (Wildman–Crippen LogP) is 2.27. The maximum absolute atomic E-state index is 12.8. The number of hydrogen-bond donors (Lipinski definition) is 3. The van der Waals surface area contributed by atoms with Crippen LogP contribution in [0.2, 0.25) is 0 Å². The lowest BCUT2D eigenvalue weighted by Crippen LogP contribution is -2.53. The van der Waals surface area contributed by atoms with Gasteiger partial charge >= 0.3 is 0 Å². The molecule has 1 aliphatic carbocycles. The van der Waals surface area contributed by atoms with E-state index < -0.39 is 0 Å². The molecule has 1 fully saturated rings. The van der Waals surface area contributed by atoms with Gasteiger partial charge in [0, 0.05) is 12.2 Å². The quantitative estimate of drug-likeness (QED) is 0.702. The number of rotatable bonds is 7. The Labute approximate surface area is 145 Å². The number of halogens is 1. The number of benzene rings is 1. The van der Waals surface area contributed by atoms with Gasteiger partial charge in [-0.15, -0.1) is 11.8 Å². The summed E-state index contributed by atoms with van der Waals surface area (Å²) >= 11 is 1.27. The van der Waals surface area contributed by atoms with Gasteiger partial charge in [-0.05, 0) is 44.0 Å². The Morgan fingerprint density at radius 2 is 1.92 bits per heavy atom. The molecule has 2 amide bonds. The third kappa shape index (κ3) is 5.21. The number of hydrogen-bond acceptors (Lipinski definition) is 4. The van der Waals surface area contributed by atoms with Crippen molar-refractivity contribution in [2.75, 3.05) is 17.6 Å². The van der Waals surface area contributed by atoms with E-state index in [-0.39, 0.29) is 34.2 Å². The SMILES string of the molecule is CC(SCC(=O)Nc1ccc(F)cc1)C(=O)NC1(CN)CCCC1. The summed E-state index contributed by atoms with van der Waals surface area (Å²) in [6.45, 7) is 2.23. The molecule has 132 valence electrons. The lowest BCUT2D eigenvalue weighted by atomic mass is 9.98. The van der Waals surface area contributed by atoms with Gasteiger partial charge in [0.2, 0.25) is 11.8 Å². The van der Waals surface area contributed by atoms with E-state index in [1.165, 1.54) is 36.0 Å². The summed E-state index contributed by atoms with van der Waals surface area (Å²) < 4.78 is 12.8. The van der Waals surface area contributed by atoms with Gasteiger partial charge in [0.05, 0.1) is 16.5 Å². The van der Waals surface area contributed by atoms with Gasteiger partial charge in [-0.1, -0.05) is 12.8 Å². The Kier molecular flexibility index (Phi) is 6.62. The van der Waals surface area contributed by atoms with Crippen molar-refractivity contribution in [3.63, 3.8) is 0 Å². The summed E-state index contributed by atoms with van der Waals surface area (Å²) in [4.78, 5) is 24.2. The second-order valence-electron chi connectivity index (χ2n) is 6.19. The zero-order valence-corrected chi connectivity index (χ0v) is 14.6. The lowest BCUT2D eigenvalue weighted by molar-refractivity contribution is -0.122. The number of nitrogens with two attached hydrogens (primary N) is 1. The molecule has 0 aliphatic heterocycles. The Morgan fingerprint density at radius 1 is 1.29 bits per heavy atom. The monoisotopic (exact) mass is 353 g/mol. The molecule has 0 aromatic heterocycles. The van der Waals surface area contributed by atoms with Crippen LogP contribution in [-0.4, -0.2) is 34.9 Å². The van der Waals surface area contributed by atoms with Gasteiger partial charge in [0.15, 0.2) is 0 Å². The Morgan fingerprint density at radius 3 is 2.50 bits per heavy atom. The molecule has 5 nitrogen and oxygen atoms in total. The average molecular weight is 353 g/mol. The van der Waals surface area contributed by atoms with Crippen molar-refractivity contribution < 1.29 is 14.0 Å². The summed E-state index contributed by atoms with van der Waals surface area (Å²) in [5, 5.41) is 5.40. The summed E-state index contributed by atoms with van der Waals surface area (Å²) in [5.74, 6) is -0.502. The van der Waals surface area contributed by atoms with Gasteiger partial charge < -0.3 is 16.4 Å². The molecule has 7 heteroatoms. The van der Waals surface area contributed by atoms with Crippen LogP contribution >= 0.6 is 11.8 Å². The van der Waals surface area contributed by atoms with Crippen molar-refractivity contribution in [2.45, 2.75) is 43.4 Å². The zero-order chi connectivity index (χ0) is 17.6. The van der Waals surface area contributed by atoms with E-state index in [4.69, 9.17) is 5.73 Å². The van der Waals surface area contributed by atoms with Gasteiger partial charge in [0.25, 0.3) is 0 Å². The first-order chi connectivity index (χ1) is 11.4. The molecule has 0 spiro atoms. The van der Waals surface area contributed by atoms with Crippen molar-refractivity contribution in [2.24, 2.45) is 5.73 Å². The highest BCUT2D eigenvalue weighted by atomic mass is 32.2. The predicted molar refractivity (Wildman–Crippen MR) is 95.3 cm³/mol. The summed E-state index contributed by atoms with van der Waals surface area (Å²) in [7, 11) is 0. The van der Waals surface area contributed by atoms with Crippen LogP contribution in [0.1, 0.15) is 32.6 Å². The molecule has 0 saturated heterocycles. The van der Waals surface area contributed by atoms with E-state index in [0.717, 1.165) is 25.7 Å². The molecule has 0 bridgehead atoms. The average Bonchev–Trinajstić information content (AvgIpc) is 3.03. The molecular weight excluding hydrogens is 329 g/mol. The number of nitrogens with one attached hydrogen (secondary N) is 2. The van der Waals surface area contributed by atoms with Crippen LogP contribution in [0.5, 0.6) is 0 Å². The molecule has 1 atom stereocenters. The minimum Gasteiger partial charge on any atom is -0.348 e. The van der Waals surface area contributed by atoms with Crippen LogP contribution in [0.25, 0.3) is 0 Å². The van der Waals surface area contributed by atoms with Crippen LogP contribution in [0.15, 0.2) is 24.3 Å². The second-order valence-corrected chi connectivity index (χ2v) is 7.52. The minimum atomic E-state index is -0.353. The molecule has 24 heavy (non-hydrogen) atoms. The van der Waals surface area contributed by atoms with E-state index in [0.29, 0.717) is 12.2 Å². The van der Waals surface area contributed by atoms with Crippen molar-refractivity contribution in [3.05, 3.63) is 30.1 Å². The highest BCUT2D eigenvalue weighted by Crippen LogP contribution is 2.29. The minimum absolute atomic E-state index is 0.0815. The van der Waals surface area contributed by atoms with Crippen LogP contribution in [0.4, 0.5) is 10.1 Å². The lowest BCUT2D eigenvalue weighted by Gasteiger charge is -2.30. The topological polar surface area (TPSA) is 84.2 Å². The van der Waals surface area contributed by atoms with Crippen molar-refractivity contribution in [3.8, 4) is 0 Å². The highest BCUT2D eigenvalue weighted by molar-refractivity contribution is 8.01. The molecule has 1 aromatic rings. The van der Waals surface area contributed by atoms with Crippen LogP contribution < -0.4 is 16.4 Å². The van der Waals surface area contributed by atoms with E-state index in [2.05, 4.69) is 10.6 Å². The molecule has 1 aromatic carbocycles. The van der Waals surface area contributed by atoms with Gasteiger partial charge in [-0.3, -0.25) is 9.59 Å². The summed E-state index contributed by atoms with van der Waals surface area (Å²) in [5.41, 5.74) is 6.08. The van der Waals surface area contributed by atoms with Crippen molar-refractivity contribution in [1.82, 2.24) is 5.32 Å². The van der Waals surface area contributed by atoms with Gasteiger partial charge in [0.1, 0.15) is 5.82 Å². The first-order valence-electron chi connectivity index (χ1n) is 8.13. The van der Waals surface area contributed by atoms with E-state index >= 15 is 0 Å². The molecule has 1 saturated carbocycles. The van der Waals surface area contributed by atoms with Crippen LogP contribution in [-0.2, 0) is 9.59 Å². The standard InChI is InChI=1S/C17H24FN3O2S/c1-12(16(23)21-17(11-19)8-2-3-9-17)24-10-15(22)20-14-6-4-13(18)5-7-14/h4-7,12H,2-3,8-11,19H2,1H3,(H,20,22)(H,21,23). The third-order valence-electron chi connectivity index (χ3n) is 4.30. The largest absolute Gasteiger partial charge is 0.348 e. The van der Waals surface area contributed by atoms with Crippen molar-refractivity contribution >= 4 is 29.3 Å². The number of carbonyl (C=O) groups excluding carboxylic acids is 2. The maximum atomic E-state index is 12.8. The number of carbonyl (C=O) groups is 2. The summed E-state index contributed by atoms with van der Waals surface area (Å²) in [6.07, 6.45) is 3.99. The maximum Gasteiger partial charge on any atom is 0.234 e. The normalized spacial score (nSPS) is 17.3. The molecule has 1 aliphatic rings. The first kappa shape index (κ1) is 18.7. The van der Waals surface area contributed by atoms with Crippen LogP contribution in [0.3, 0.4) is 0 Å². The molecular formula is C17H24FN3O2S. The molecule has 0 radical (unpaired) electrons. The number of thioether (sulfide) groups is 1. The number of amides is 2.